The Morgan fingerprint density at radius 1 is 1.43 bits per heavy atom. The molecule has 0 amide bonds. The van der Waals surface area contributed by atoms with Crippen molar-refractivity contribution in [1.29, 1.82) is 0 Å². The highest BCUT2D eigenvalue weighted by Crippen LogP contribution is 2.23. The first kappa shape index (κ1) is 11.7. The number of hydrogen-bond donors (Lipinski definition) is 1. The van der Waals surface area contributed by atoms with Crippen LogP contribution in [-0.2, 0) is 0 Å². The molecule has 76 valence electrons. The monoisotopic (exact) mass is 301 g/mol. The summed E-state index contributed by atoms with van der Waals surface area (Å²) in [5.74, 6) is 0. The zero-order valence-corrected chi connectivity index (χ0v) is 10.8. The second-order valence-corrected chi connectivity index (χ2v) is 4.68. The van der Waals surface area contributed by atoms with Gasteiger partial charge in [0.15, 0.2) is 0 Å². The zero-order valence-electron chi connectivity index (χ0n) is 8.68. The maximum Gasteiger partial charge on any atom is 0.0329 e. The SMILES string of the molecule is C=CCC(N)c1cc(C)c(I)c(C)c1. The van der Waals surface area contributed by atoms with Gasteiger partial charge >= 0.3 is 0 Å². The third kappa shape index (κ3) is 2.58. The summed E-state index contributed by atoms with van der Waals surface area (Å²) in [7, 11) is 0. The van der Waals surface area contributed by atoms with Crippen LogP contribution in [0.4, 0.5) is 0 Å². The molecule has 0 spiro atoms. The summed E-state index contributed by atoms with van der Waals surface area (Å²) < 4.78 is 1.33. The van der Waals surface area contributed by atoms with Crippen LogP contribution in [-0.4, -0.2) is 0 Å². The average Bonchev–Trinajstić information content (AvgIpc) is 2.13. The Labute approximate surface area is 99.5 Å². The van der Waals surface area contributed by atoms with Gasteiger partial charge in [0.2, 0.25) is 0 Å². The lowest BCUT2D eigenvalue weighted by molar-refractivity contribution is 0.739. The normalized spacial score (nSPS) is 12.6. The van der Waals surface area contributed by atoms with Gasteiger partial charge in [-0.15, -0.1) is 6.58 Å². The van der Waals surface area contributed by atoms with Crippen molar-refractivity contribution in [3.63, 3.8) is 0 Å². The molecule has 0 aliphatic heterocycles. The summed E-state index contributed by atoms with van der Waals surface area (Å²) in [5.41, 5.74) is 9.84. The van der Waals surface area contributed by atoms with Crippen molar-refractivity contribution in [3.05, 3.63) is 45.0 Å². The molecule has 0 saturated carbocycles. The number of aryl methyl sites for hydroxylation is 2. The third-order valence-corrected chi connectivity index (χ3v) is 4.01. The summed E-state index contributed by atoms with van der Waals surface area (Å²) in [4.78, 5) is 0. The summed E-state index contributed by atoms with van der Waals surface area (Å²) >= 11 is 2.37. The van der Waals surface area contributed by atoms with E-state index in [1.54, 1.807) is 0 Å². The van der Waals surface area contributed by atoms with Crippen LogP contribution < -0.4 is 5.73 Å². The molecule has 0 fully saturated rings. The van der Waals surface area contributed by atoms with E-state index in [9.17, 15) is 0 Å². The minimum absolute atomic E-state index is 0.0851. The van der Waals surface area contributed by atoms with Crippen molar-refractivity contribution in [3.8, 4) is 0 Å². The Bertz CT molecular complexity index is 321. The molecule has 1 nitrogen and oxygen atoms in total. The smallest absolute Gasteiger partial charge is 0.0329 e. The van der Waals surface area contributed by atoms with Gasteiger partial charge in [0.25, 0.3) is 0 Å². The van der Waals surface area contributed by atoms with Gasteiger partial charge in [0.1, 0.15) is 0 Å². The Balaban J connectivity index is 3.05. The molecule has 0 bridgehead atoms. The molecule has 1 rings (SSSR count). The molecular weight excluding hydrogens is 285 g/mol. The minimum Gasteiger partial charge on any atom is -0.324 e. The van der Waals surface area contributed by atoms with Crippen molar-refractivity contribution in [2.75, 3.05) is 0 Å². The molecule has 2 heteroatoms. The Morgan fingerprint density at radius 2 is 1.93 bits per heavy atom. The summed E-state index contributed by atoms with van der Waals surface area (Å²) in [6, 6.07) is 4.42. The minimum atomic E-state index is 0.0851. The van der Waals surface area contributed by atoms with Crippen LogP contribution in [0.5, 0.6) is 0 Å². The van der Waals surface area contributed by atoms with Crippen molar-refractivity contribution in [1.82, 2.24) is 0 Å². The summed E-state index contributed by atoms with van der Waals surface area (Å²) in [6.45, 7) is 7.95. The van der Waals surface area contributed by atoms with E-state index in [0.29, 0.717) is 0 Å². The van der Waals surface area contributed by atoms with Crippen LogP contribution in [0, 0.1) is 17.4 Å². The van der Waals surface area contributed by atoms with E-state index in [1.807, 2.05) is 6.08 Å². The highest BCUT2D eigenvalue weighted by molar-refractivity contribution is 14.1. The molecule has 2 N–H and O–H groups in total. The van der Waals surface area contributed by atoms with Gasteiger partial charge in [-0.3, -0.25) is 0 Å². The Kier molecular flexibility index (Phi) is 4.13. The van der Waals surface area contributed by atoms with Crippen molar-refractivity contribution >= 4 is 22.6 Å². The van der Waals surface area contributed by atoms with Crippen LogP contribution in [0.2, 0.25) is 0 Å². The van der Waals surface area contributed by atoms with E-state index in [2.05, 4.69) is 55.2 Å². The highest BCUT2D eigenvalue weighted by atomic mass is 127. The lowest BCUT2D eigenvalue weighted by Gasteiger charge is -2.13. The van der Waals surface area contributed by atoms with E-state index < -0.39 is 0 Å². The topological polar surface area (TPSA) is 26.0 Å². The van der Waals surface area contributed by atoms with E-state index >= 15 is 0 Å². The first-order chi connectivity index (χ1) is 6.56. The molecule has 1 atom stereocenters. The van der Waals surface area contributed by atoms with Crippen LogP contribution in [0.3, 0.4) is 0 Å². The van der Waals surface area contributed by atoms with Gasteiger partial charge in [-0.2, -0.15) is 0 Å². The molecule has 0 saturated heterocycles. The van der Waals surface area contributed by atoms with Crippen LogP contribution in [0.15, 0.2) is 24.8 Å². The molecule has 0 heterocycles. The van der Waals surface area contributed by atoms with Crippen molar-refractivity contribution < 1.29 is 0 Å². The first-order valence-electron chi connectivity index (χ1n) is 4.69. The van der Waals surface area contributed by atoms with Gasteiger partial charge in [-0.25, -0.2) is 0 Å². The summed E-state index contributed by atoms with van der Waals surface area (Å²) in [6.07, 6.45) is 2.70. The molecule has 0 aromatic heterocycles. The fourth-order valence-electron chi connectivity index (χ4n) is 1.51. The van der Waals surface area contributed by atoms with Crippen LogP contribution in [0.1, 0.15) is 29.2 Å². The lowest BCUT2D eigenvalue weighted by atomic mass is 10.00. The van der Waals surface area contributed by atoms with Gasteiger partial charge < -0.3 is 5.73 Å². The number of halogens is 1. The number of rotatable bonds is 3. The number of hydrogen-bond acceptors (Lipinski definition) is 1. The molecule has 0 radical (unpaired) electrons. The van der Waals surface area contributed by atoms with Gasteiger partial charge in [0.05, 0.1) is 0 Å². The summed E-state index contributed by atoms with van der Waals surface area (Å²) in [5, 5.41) is 0. The maximum atomic E-state index is 6.02. The molecule has 1 aromatic carbocycles. The Hall–Kier alpha value is -0.350. The van der Waals surface area contributed by atoms with Gasteiger partial charge in [-0.1, -0.05) is 18.2 Å². The average molecular weight is 301 g/mol. The van der Waals surface area contributed by atoms with E-state index in [-0.39, 0.29) is 6.04 Å². The highest BCUT2D eigenvalue weighted by Gasteiger charge is 2.07. The largest absolute Gasteiger partial charge is 0.324 e. The van der Waals surface area contributed by atoms with Gasteiger partial charge in [-0.05, 0) is 59.5 Å². The molecule has 1 aromatic rings. The molecule has 0 aliphatic carbocycles. The third-order valence-electron chi connectivity index (χ3n) is 2.31. The number of nitrogens with two attached hydrogens (primary N) is 1. The second kappa shape index (κ2) is 4.94. The number of benzene rings is 1. The van der Waals surface area contributed by atoms with E-state index in [4.69, 9.17) is 5.73 Å². The van der Waals surface area contributed by atoms with Crippen LogP contribution >= 0.6 is 22.6 Å². The molecule has 0 aliphatic rings. The zero-order chi connectivity index (χ0) is 10.7. The quantitative estimate of drug-likeness (QED) is 0.671. The van der Waals surface area contributed by atoms with E-state index in [0.717, 1.165) is 6.42 Å². The lowest BCUT2D eigenvalue weighted by Crippen LogP contribution is -2.10. The standard InChI is InChI=1S/C12H16IN/c1-4-5-11(14)10-6-8(2)12(13)9(3)7-10/h4,6-7,11H,1,5,14H2,2-3H3. The van der Waals surface area contributed by atoms with Crippen LogP contribution in [0.25, 0.3) is 0 Å². The van der Waals surface area contributed by atoms with Crippen molar-refractivity contribution in [2.24, 2.45) is 5.73 Å². The molecule has 14 heavy (non-hydrogen) atoms. The predicted molar refractivity (Wildman–Crippen MR) is 70.4 cm³/mol. The Morgan fingerprint density at radius 3 is 2.36 bits per heavy atom. The van der Waals surface area contributed by atoms with Crippen molar-refractivity contribution in [2.45, 2.75) is 26.3 Å². The molecule has 1 unspecified atom stereocenters. The first-order valence-corrected chi connectivity index (χ1v) is 5.77. The van der Waals surface area contributed by atoms with Gasteiger partial charge in [0, 0.05) is 9.61 Å². The molecular formula is C12H16IN. The predicted octanol–water partition coefficient (Wildman–Crippen LogP) is 3.48. The fourth-order valence-corrected chi connectivity index (χ4v) is 1.82. The fraction of sp³-hybridized carbons (Fsp3) is 0.333. The van der Waals surface area contributed by atoms with E-state index in [1.165, 1.54) is 20.3 Å². The second-order valence-electron chi connectivity index (χ2n) is 3.60. The maximum absolute atomic E-state index is 6.02.